The first-order chi connectivity index (χ1) is 18.6. The molecule has 5 rings (SSSR count). The summed E-state index contributed by atoms with van der Waals surface area (Å²) >= 11 is 3.30. The van der Waals surface area contributed by atoms with E-state index in [1.165, 1.54) is 37.2 Å². The maximum Gasteiger partial charge on any atom is 0.406 e. The smallest absolute Gasteiger partial charge is 0.406 e. The van der Waals surface area contributed by atoms with Gasteiger partial charge in [0.25, 0.3) is 0 Å². The van der Waals surface area contributed by atoms with Crippen molar-refractivity contribution in [3.05, 3.63) is 97.4 Å². The zero-order valence-corrected chi connectivity index (χ0v) is 23.7. The van der Waals surface area contributed by atoms with Crippen molar-refractivity contribution in [2.45, 2.75) is 65.1 Å². The van der Waals surface area contributed by atoms with Gasteiger partial charge in [-0.15, -0.1) is 0 Å². The number of aryl methyl sites for hydroxylation is 1. The van der Waals surface area contributed by atoms with E-state index in [2.05, 4.69) is 38.4 Å². The number of hydrogen-bond donors (Lipinski definition) is 0. The van der Waals surface area contributed by atoms with E-state index >= 15 is 0 Å². The van der Waals surface area contributed by atoms with Crippen molar-refractivity contribution in [3.63, 3.8) is 0 Å². The highest BCUT2D eigenvalue weighted by molar-refractivity contribution is 9.10. The molecule has 1 saturated carbocycles. The van der Waals surface area contributed by atoms with Crippen molar-refractivity contribution < 1.29 is 14.1 Å². The summed E-state index contributed by atoms with van der Waals surface area (Å²) in [5.74, 6) is -0.0910. The Bertz CT molecular complexity index is 1510. The van der Waals surface area contributed by atoms with Gasteiger partial charge in [-0.2, -0.15) is 10.2 Å². The van der Waals surface area contributed by atoms with Crippen LogP contribution >= 0.6 is 15.9 Å². The molecule has 39 heavy (non-hydrogen) atoms. The summed E-state index contributed by atoms with van der Waals surface area (Å²) in [5.41, 5.74) is 3.35. The number of aromatic nitrogens is 5. The highest BCUT2D eigenvalue weighted by atomic mass is 79.9. The van der Waals surface area contributed by atoms with Crippen LogP contribution in [0.2, 0.25) is 0 Å². The maximum absolute atomic E-state index is 14.5. The van der Waals surface area contributed by atoms with Crippen LogP contribution in [0.3, 0.4) is 0 Å². The van der Waals surface area contributed by atoms with Crippen LogP contribution in [-0.4, -0.2) is 29.5 Å². The minimum absolute atomic E-state index is 0.00579. The van der Waals surface area contributed by atoms with Crippen LogP contribution in [0.15, 0.2) is 53.5 Å². The van der Waals surface area contributed by atoms with E-state index in [0.29, 0.717) is 22.9 Å². The lowest BCUT2D eigenvalue weighted by Crippen LogP contribution is -2.28. The second kappa shape index (κ2) is 10.9. The van der Waals surface area contributed by atoms with Crippen LogP contribution < -0.4 is 4.74 Å². The molecule has 11 heteroatoms. The fourth-order valence-electron chi connectivity index (χ4n) is 4.74. The second-order valence-electron chi connectivity index (χ2n) is 10.5. The number of ether oxygens (including phenoxy) is 1. The third-order valence-electron chi connectivity index (χ3n) is 6.89. The minimum atomic E-state index is -1.11. The molecular formula is C28H30BrFN6O3. The molecule has 204 valence electrons. The molecule has 1 aromatic carbocycles. The standard InChI is InChI=1S/C28H30BrFN6O3/c1-4-34-17-21(9-19-13-32-35(16-19)15-18-5-6-18)25(33-34)10-20-7-8-23(30)12-24(20)28(2,3)39-26-11-22(29)14-31-27(26)36(37)38/h7-8,11-14,16-18H,4-6,9-10,15H2,1-3H3. The fourth-order valence-corrected chi connectivity index (χ4v) is 5.05. The molecule has 0 atom stereocenters. The summed E-state index contributed by atoms with van der Waals surface area (Å²) in [6.45, 7) is 7.23. The van der Waals surface area contributed by atoms with Crippen LogP contribution in [0, 0.1) is 21.8 Å². The molecule has 9 nitrogen and oxygen atoms in total. The van der Waals surface area contributed by atoms with Gasteiger partial charge >= 0.3 is 5.82 Å². The Morgan fingerprint density at radius 3 is 2.67 bits per heavy atom. The average molecular weight is 597 g/mol. The zero-order valence-electron chi connectivity index (χ0n) is 22.1. The van der Waals surface area contributed by atoms with Gasteiger partial charge in [-0.3, -0.25) is 9.36 Å². The molecule has 1 aliphatic rings. The number of pyridine rings is 1. The summed E-state index contributed by atoms with van der Waals surface area (Å²) < 4.78 is 25.1. The summed E-state index contributed by atoms with van der Waals surface area (Å²) in [5, 5.41) is 20.9. The Labute approximate surface area is 234 Å². The molecule has 0 bridgehead atoms. The van der Waals surface area contributed by atoms with Crippen molar-refractivity contribution in [2.24, 2.45) is 5.92 Å². The quantitative estimate of drug-likeness (QED) is 0.151. The van der Waals surface area contributed by atoms with E-state index in [0.717, 1.165) is 41.4 Å². The monoisotopic (exact) mass is 596 g/mol. The number of nitro groups is 1. The molecule has 4 aromatic rings. The largest absolute Gasteiger partial charge is 0.475 e. The SMILES string of the molecule is CCn1cc(Cc2cnn(CC3CC3)c2)c(Cc2ccc(F)cc2C(C)(C)Oc2cc(Br)cnc2[N+](=O)[O-])n1. The van der Waals surface area contributed by atoms with Gasteiger partial charge in [0.05, 0.1) is 16.4 Å². The van der Waals surface area contributed by atoms with Gasteiger partial charge in [-0.05, 0) is 94.2 Å². The first-order valence-corrected chi connectivity index (χ1v) is 13.7. The molecule has 3 heterocycles. The van der Waals surface area contributed by atoms with E-state index in [1.807, 2.05) is 22.5 Å². The van der Waals surface area contributed by atoms with E-state index < -0.39 is 22.2 Å². The minimum Gasteiger partial charge on any atom is -0.475 e. The van der Waals surface area contributed by atoms with E-state index in [1.54, 1.807) is 19.9 Å². The van der Waals surface area contributed by atoms with Crippen LogP contribution in [0.1, 0.15) is 61.6 Å². The lowest BCUT2D eigenvalue weighted by molar-refractivity contribution is -0.391. The third-order valence-corrected chi connectivity index (χ3v) is 7.32. The molecule has 0 unspecified atom stereocenters. The maximum atomic E-state index is 14.5. The molecule has 0 amide bonds. The molecule has 0 aliphatic heterocycles. The van der Waals surface area contributed by atoms with Gasteiger partial charge in [0.15, 0.2) is 6.20 Å². The first-order valence-electron chi connectivity index (χ1n) is 13.0. The van der Waals surface area contributed by atoms with E-state index in [4.69, 9.17) is 9.84 Å². The Kier molecular flexibility index (Phi) is 7.53. The predicted octanol–water partition coefficient (Wildman–Crippen LogP) is 6.21. The molecule has 1 fully saturated rings. The Morgan fingerprint density at radius 2 is 1.95 bits per heavy atom. The molecule has 1 aliphatic carbocycles. The van der Waals surface area contributed by atoms with Crippen LogP contribution in [0.4, 0.5) is 10.2 Å². The van der Waals surface area contributed by atoms with Crippen molar-refractivity contribution in [2.75, 3.05) is 0 Å². The summed E-state index contributed by atoms with van der Waals surface area (Å²) in [4.78, 5) is 14.9. The van der Waals surface area contributed by atoms with Gasteiger partial charge < -0.3 is 14.9 Å². The fraction of sp³-hybridized carbons (Fsp3) is 0.393. The van der Waals surface area contributed by atoms with Gasteiger partial charge in [-0.1, -0.05) is 6.07 Å². The third kappa shape index (κ3) is 6.35. The lowest BCUT2D eigenvalue weighted by Gasteiger charge is -2.29. The normalized spacial score (nSPS) is 13.6. The Morgan fingerprint density at radius 1 is 1.15 bits per heavy atom. The second-order valence-corrected chi connectivity index (χ2v) is 11.4. The van der Waals surface area contributed by atoms with Crippen molar-refractivity contribution in [1.29, 1.82) is 0 Å². The highest BCUT2D eigenvalue weighted by Gasteiger charge is 2.31. The summed E-state index contributed by atoms with van der Waals surface area (Å²) in [7, 11) is 0. The molecule has 3 aromatic heterocycles. The molecule has 0 spiro atoms. The summed E-state index contributed by atoms with van der Waals surface area (Å²) in [6, 6.07) is 6.06. The highest BCUT2D eigenvalue weighted by Crippen LogP contribution is 2.37. The molecule has 0 N–H and O–H groups in total. The topological polar surface area (TPSA) is 101 Å². The summed E-state index contributed by atoms with van der Waals surface area (Å²) in [6.07, 6.45) is 11.1. The van der Waals surface area contributed by atoms with Gasteiger partial charge in [0.2, 0.25) is 5.75 Å². The van der Waals surface area contributed by atoms with Crippen molar-refractivity contribution in [1.82, 2.24) is 24.5 Å². The van der Waals surface area contributed by atoms with Crippen molar-refractivity contribution >= 4 is 21.7 Å². The lowest BCUT2D eigenvalue weighted by atomic mass is 9.89. The predicted molar refractivity (Wildman–Crippen MR) is 147 cm³/mol. The number of hydrogen-bond acceptors (Lipinski definition) is 6. The Balaban J connectivity index is 1.44. The molecular weight excluding hydrogens is 567 g/mol. The number of benzene rings is 1. The van der Waals surface area contributed by atoms with Gasteiger partial charge in [0, 0.05) is 50.0 Å². The van der Waals surface area contributed by atoms with Crippen molar-refractivity contribution in [3.8, 4) is 5.75 Å². The van der Waals surface area contributed by atoms with Crippen LogP contribution in [0.5, 0.6) is 5.75 Å². The van der Waals surface area contributed by atoms with E-state index in [9.17, 15) is 14.5 Å². The van der Waals surface area contributed by atoms with Gasteiger partial charge in [0.1, 0.15) is 11.4 Å². The van der Waals surface area contributed by atoms with Crippen LogP contribution in [0.25, 0.3) is 0 Å². The average Bonchev–Trinajstić information content (AvgIpc) is 3.45. The van der Waals surface area contributed by atoms with Gasteiger partial charge in [-0.25, -0.2) is 4.39 Å². The Hall–Kier alpha value is -3.60. The first kappa shape index (κ1) is 27.0. The molecule has 0 saturated heterocycles. The number of nitrogens with zero attached hydrogens (tertiary/aromatic N) is 6. The zero-order chi connectivity index (χ0) is 27.7. The van der Waals surface area contributed by atoms with Crippen LogP contribution in [-0.2, 0) is 31.5 Å². The van der Waals surface area contributed by atoms with E-state index in [-0.39, 0.29) is 5.75 Å². The number of rotatable bonds is 11. The number of halogens is 2. The molecule has 0 radical (unpaired) electrons.